The van der Waals surface area contributed by atoms with E-state index in [0.29, 0.717) is 0 Å². The summed E-state index contributed by atoms with van der Waals surface area (Å²) in [5.41, 5.74) is 11.3. The largest absolute Gasteiger partial charge is 0.500 e. The van der Waals surface area contributed by atoms with Gasteiger partial charge in [0.2, 0.25) is 0 Å². The number of rotatable bonds is 7. The van der Waals surface area contributed by atoms with E-state index in [-0.39, 0.29) is 30.9 Å². The first-order valence-corrected chi connectivity index (χ1v) is 23.1. The average Bonchev–Trinajstić information content (AvgIpc) is 3.85. The van der Waals surface area contributed by atoms with Gasteiger partial charge >= 0.3 is 0 Å². The van der Waals surface area contributed by atoms with Crippen LogP contribution in [0.15, 0.2) is 120 Å². The molecule has 5 heteroatoms. The number of hydrogen-bond acceptors (Lipinski definition) is 3. The van der Waals surface area contributed by atoms with Gasteiger partial charge in [-0.25, -0.2) is 0 Å². The monoisotopic (exact) mass is 919 g/mol. The molecule has 0 bridgehead atoms. The van der Waals surface area contributed by atoms with Gasteiger partial charge in [0.25, 0.3) is 0 Å². The standard InChI is InChI=1S/C31H28NO.C19H26NSi.Ir/c1-31(2,22-12-6-7-13-22)23-18-19-32-28(20-23)27-17-9-16-26-25-15-8-14-24(29(25)33-30(26)27)21-10-4-3-5-11-21;1-19(2,3)13-16-12-17(15-10-8-7-9-11-15)20-14-18(16)21(4,5)6;/h3-5,8-11,14-16,18-20,22H,6-7,12-13H2,1-2H3;7-10,12,14H,13H2,1-6H3;/q2*-1;. The fourth-order valence-electron chi connectivity index (χ4n) is 8.24. The van der Waals surface area contributed by atoms with Crippen LogP contribution in [0.25, 0.3) is 55.6 Å². The summed E-state index contributed by atoms with van der Waals surface area (Å²) >= 11 is 0. The van der Waals surface area contributed by atoms with E-state index in [2.05, 4.69) is 145 Å². The van der Waals surface area contributed by atoms with Crippen LogP contribution >= 0.6 is 0 Å². The molecule has 1 aliphatic carbocycles. The zero-order valence-corrected chi connectivity index (χ0v) is 37.1. The minimum absolute atomic E-state index is 0. The number of aromatic nitrogens is 2. The number of para-hydroxylation sites is 1. The molecule has 55 heavy (non-hydrogen) atoms. The van der Waals surface area contributed by atoms with Crippen molar-refractivity contribution >= 4 is 35.2 Å². The van der Waals surface area contributed by atoms with Crippen LogP contribution in [0.1, 0.15) is 71.4 Å². The van der Waals surface area contributed by atoms with Gasteiger partial charge in [0, 0.05) is 43.4 Å². The summed E-state index contributed by atoms with van der Waals surface area (Å²) in [5.74, 6) is 0.729. The molecule has 285 valence electrons. The van der Waals surface area contributed by atoms with Crippen LogP contribution in [0.5, 0.6) is 0 Å². The van der Waals surface area contributed by atoms with Crippen LogP contribution < -0.4 is 5.19 Å². The molecule has 7 aromatic rings. The molecule has 4 aromatic carbocycles. The Morgan fingerprint density at radius 2 is 1.45 bits per heavy atom. The number of pyridine rings is 2. The van der Waals surface area contributed by atoms with Crippen LogP contribution in [0, 0.1) is 23.5 Å². The van der Waals surface area contributed by atoms with E-state index in [9.17, 15) is 0 Å². The number of nitrogens with zero attached hydrogens (tertiary/aromatic N) is 2. The molecule has 0 atom stereocenters. The van der Waals surface area contributed by atoms with Gasteiger partial charge in [0.15, 0.2) is 0 Å². The number of fused-ring (bicyclic) bond motifs is 3. The molecule has 3 heterocycles. The normalized spacial score (nSPS) is 13.7. The van der Waals surface area contributed by atoms with Crippen molar-refractivity contribution in [2.75, 3.05) is 0 Å². The molecule has 8 rings (SSSR count). The number of benzene rings is 4. The molecule has 0 amide bonds. The Labute approximate surface area is 343 Å². The topological polar surface area (TPSA) is 38.9 Å². The molecule has 3 nitrogen and oxygen atoms in total. The Hall–Kier alpha value is -4.15. The smallest absolute Gasteiger partial charge is 0.128 e. The Kier molecular flexibility index (Phi) is 12.2. The molecule has 0 spiro atoms. The predicted molar refractivity (Wildman–Crippen MR) is 231 cm³/mol. The molecule has 0 N–H and O–H groups in total. The zero-order chi connectivity index (χ0) is 38.1. The molecular weight excluding hydrogens is 865 g/mol. The van der Waals surface area contributed by atoms with Crippen molar-refractivity contribution in [2.45, 2.75) is 91.8 Å². The van der Waals surface area contributed by atoms with E-state index in [1.54, 1.807) is 0 Å². The molecule has 1 saturated carbocycles. The third-order valence-electron chi connectivity index (χ3n) is 11.2. The third kappa shape index (κ3) is 8.96. The average molecular weight is 919 g/mol. The van der Waals surface area contributed by atoms with Crippen molar-refractivity contribution in [3.05, 3.63) is 139 Å². The van der Waals surface area contributed by atoms with E-state index >= 15 is 0 Å². The number of hydrogen-bond donors (Lipinski definition) is 0. The van der Waals surface area contributed by atoms with Gasteiger partial charge in [0.1, 0.15) is 5.58 Å². The van der Waals surface area contributed by atoms with Crippen molar-refractivity contribution in [3.8, 4) is 33.6 Å². The van der Waals surface area contributed by atoms with Crippen molar-refractivity contribution < 1.29 is 24.5 Å². The van der Waals surface area contributed by atoms with Gasteiger partial charge in [0.05, 0.1) is 13.7 Å². The Morgan fingerprint density at radius 1 is 0.727 bits per heavy atom. The number of furan rings is 1. The van der Waals surface area contributed by atoms with E-state index in [0.717, 1.165) is 67.9 Å². The summed E-state index contributed by atoms with van der Waals surface area (Å²) in [6, 6.07) is 42.4. The van der Waals surface area contributed by atoms with Crippen LogP contribution in [0.2, 0.25) is 19.6 Å². The SMILES string of the molecule is CC(C)(C)Cc1cc(-c2[c-]cccc2)ncc1[Si](C)(C)C.CC(C)(c1ccnc(-c2[c-]ccc3c2oc2c(-c4ccccc4)cccc23)c1)C1CCCC1.[Ir]. The predicted octanol–water partition coefficient (Wildman–Crippen LogP) is 13.3. The van der Waals surface area contributed by atoms with Crippen molar-refractivity contribution in [2.24, 2.45) is 11.3 Å². The van der Waals surface area contributed by atoms with Gasteiger partial charge in [-0.05, 0) is 69.8 Å². The summed E-state index contributed by atoms with van der Waals surface area (Å²) in [6.07, 6.45) is 10.5. The van der Waals surface area contributed by atoms with E-state index < -0.39 is 8.07 Å². The van der Waals surface area contributed by atoms with E-state index in [1.165, 1.54) is 42.0 Å². The first-order chi connectivity index (χ1) is 25.8. The minimum Gasteiger partial charge on any atom is -0.500 e. The van der Waals surface area contributed by atoms with Crippen LogP contribution in [0.4, 0.5) is 0 Å². The molecule has 1 fully saturated rings. The summed E-state index contributed by atoms with van der Waals surface area (Å²) in [4.78, 5) is 9.47. The second-order valence-corrected chi connectivity index (χ2v) is 22.9. The molecule has 0 unspecified atom stereocenters. The van der Waals surface area contributed by atoms with Gasteiger partial charge in [-0.2, -0.15) is 0 Å². The zero-order valence-electron chi connectivity index (χ0n) is 33.7. The molecule has 3 aromatic heterocycles. The van der Waals surface area contributed by atoms with Crippen molar-refractivity contribution in [3.63, 3.8) is 0 Å². The van der Waals surface area contributed by atoms with Gasteiger partial charge in [-0.1, -0.05) is 144 Å². The van der Waals surface area contributed by atoms with E-state index in [4.69, 9.17) is 14.4 Å². The second kappa shape index (κ2) is 16.5. The van der Waals surface area contributed by atoms with Crippen LogP contribution in [-0.4, -0.2) is 18.0 Å². The molecule has 1 radical (unpaired) electrons. The fraction of sp³-hybridized carbons (Fsp3) is 0.320. The molecular formula is C50H54IrN2OSi-2. The summed E-state index contributed by atoms with van der Waals surface area (Å²) in [5, 5.41) is 3.72. The van der Waals surface area contributed by atoms with Gasteiger partial charge < -0.3 is 14.4 Å². The quantitative estimate of drug-likeness (QED) is 0.118. The molecule has 1 aliphatic rings. The Balaban J connectivity index is 0.000000204. The maximum atomic E-state index is 6.58. The first kappa shape index (κ1) is 40.5. The second-order valence-electron chi connectivity index (χ2n) is 17.9. The van der Waals surface area contributed by atoms with Crippen molar-refractivity contribution in [1.82, 2.24) is 9.97 Å². The summed E-state index contributed by atoms with van der Waals surface area (Å²) in [7, 11) is -1.37. The Bertz CT molecular complexity index is 2360. The maximum Gasteiger partial charge on any atom is 0.128 e. The van der Waals surface area contributed by atoms with Crippen molar-refractivity contribution in [1.29, 1.82) is 0 Å². The van der Waals surface area contributed by atoms with E-state index in [1.807, 2.05) is 36.5 Å². The third-order valence-corrected chi connectivity index (χ3v) is 13.2. The first-order valence-electron chi connectivity index (χ1n) is 19.6. The maximum absolute atomic E-state index is 6.58. The van der Waals surface area contributed by atoms with Gasteiger partial charge in [-0.15, -0.1) is 54.1 Å². The fourth-order valence-corrected chi connectivity index (χ4v) is 9.82. The van der Waals surface area contributed by atoms with Crippen LogP contribution in [0.3, 0.4) is 0 Å². The van der Waals surface area contributed by atoms with Crippen LogP contribution in [-0.2, 0) is 31.9 Å². The summed E-state index contributed by atoms with van der Waals surface area (Å²) in [6.45, 7) is 18.9. The minimum atomic E-state index is -1.37. The molecule has 0 saturated heterocycles. The van der Waals surface area contributed by atoms with Gasteiger partial charge in [-0.3, -0.25) is 0 Å². The molecule has 0 aliphatic heterocycles. The summed E-state index contributed by atoms with van der Waals surface area (Å²) < 4.78 is 6.58. The Morgan fingerprint density at radius 3 is 2.15 bits per heavy atom.